The fraction of sp³-hybridized carbons (Fsp3) is 0.429. The number of fused-ring (bicyclic) bond motifs is 1. The molecule has 7 heteroatoms. The van der Waals surface area contributed by atoms with Crippen molar-refractivity contribution in [1.29, 1.82) is 5.26 Å². The Morgan fingerprint density at radius 2 is 2.29 bits per heavy atom. The molecular weight excluding hydrogens is 288 g/mol. The first-order chi connectivity index (χ1) is 10.0. The Kier molecular flexibility index (Phi) is 4.70. The lowest BCUT2D eigenvalue weighted by Gasteiger charge is -2.25. The third kappa shape index (κ3) is 3.28. The van der Waals surface area contributed by atoms with Crippen molar-refractivity contribution < 1.29 is 4.92 Å². The van der Waals surface area contributed by atoms with Gasteiger partial charge in [0.15, 0.2) is 5.52 Å². The molecule has 0 atom stereocenters. The van der Waals surface area contributed by atoms with Gasteiger partial charge in [-0.05, 0) is 18.1 Å². The molecule has 0 spiro atoms. The molecule has 0 unspecified atom stereocenters. The summed E-state index contributed by atoms with van der Waals surface area (Å²) in [5.74, 6) is 0.342. The second-order valence-electron chi connectivity index (χ2n) is 5.14. The maximum Gasteiger partial charge on any atom is 0.319 e. The van der Waals surface area contributed by atoms with E-state index in [0.29, 0.717) is 36.6 Å². The summed E-state index contributed by atoms with van der Waals surface area (Å²) in [6.07, 6.45) is 0.332. The molecule has 0 amide bonds. The molecule has 2 rings (SSSR count). The Labute approximate surface area is 126 Å². The molecule has 0 aliphatic heterocycles. The highest BCUT2D eigenvalue weighted by Gasteiger charge is 2.24. The van der Waals surface area contributed by atoms with E-state index in [-0.39, 0.29) is 10.6 Å². The minimum Gasteiger partial charge on any atom is -0.365 e. The van der Waals surface area contributed by atoms with Crippen LogP contribution in [-0.4, -0.2) is 23.0 Å². The molecule has 0 aliphatic rings. The Balaban J connectivity index is 2.52. The summed E-state index contributed by atoms with van der Waals surface area (Å²) in [5.41, 5.74) is 2.62. The lowest BCUT2D eigenvalue weighted by atomic mass is 10.1. The zero-order valence-corrected chi connectivity index (χ0v) is 12.8. The summed E-state index contributed by atoms with van der Waals surface area (Å²) < 4.78 is 0.801. The first-order valence-electron chi connectivity index (χ1n) is 6.67. The summed E-state index contributed by atoms with van der Waals surface area (Å²) >= 11 is 1.38. The van der Waals surface area contributed by atoms with Gasteiger partial charge in [0.05, 0.1) is 27.6 Å². The molecule has 0 saturated carbocycles. The number of thiazole rings is 1. The number of nitriles is 1. The van der Waals surface area contributed by atoms with Crippen molar-refractivity contribution in [1.82, 2.24) is 4.98 Å². The summed E-state index contributed by atoms with van der Waals surface area (Å²) in [4.78, 5) is 17.1. The van der Waals surface area contributed by atoms with Gasteiger partial charge in [-0.25, -0.2) is 4.98 Å². The van der Waals surface area contributed by atoms with Gasteiger partial charge in [0.25, 0.3) is 0 Å². The topological polar surface area (TPSA) is 83.1 Å². The number of nitrogens with zero attached hydrogens (tertiary/aromatic N) is 4. The number of nitro benzene ring substituents is 1. The molecule has 2 aromatic rings. The predicted molar refractivity (Wildman–Crippen MR) is 83.6 cm³/mol. The molecule has 0 aliphatic carbocycles. The molecule has 1 heterocycles. The highest BCUT2D eigenvalue weighted by Crippen LogP contribution is 2.36. The number of aromatic nitrogens is 1. The number of benzene rings is 1. The van der Waals surface area contributed by atoms with Crippen LogP contribution in [0.5, 0.6) is 0 Å². The average Bonchev–Trinajstić information content (AvgIpc) is 2.89. The van der Waals surface area contributed by atoms with Crippen LogP contribution in [0.1, 0.15) is 20.3 Å². The number of anilines is 1. The van der Waals surface area contributed by atoms with Gasteiger partial charge in [-0.15, -0.1) is 11.3 Å². The number of hydrogen-bond donors (Lipinski definition) is 0. The van der Waals surface area contributed by atoms with Gasteiger partial charge in [-0.1, -0.05) is 13.8 Å². The van der Waals surface area contributed by atoms with E-state index < -0.39 is 0 Å². The molecular formula is C14H16N4O2S. The Bertz CT molecular complexity index is 690. The number of nitro groups is 1. The first-order valence-corrected chi connectivity index (χ1v) is 7.55. The van der Waals surface area contributed by atoms with Crippen molar-refractivity contribution in [2.24, 2.45) is 5.92 Å². The summed E-state index contributed by atoms with van der Waals surface area (Å²) in [7, 11) is 0. The van der Waals surface area contributed by atoms with Crippen molar-refractivity contribution in [3.63, 3.8) is 0 Å². The molecule has 0 bridgehead atoms. The van der Waals surface area contributed by atoms with Gasteiger partial charge in [0.2, 0.25) is 0 Å². The molecule has 110 valence electrons. The van der Waals surface area contributed by atoms with Gasteiger partial charge >= 0.3 is 5.69 Å². The molecule has 0 radical (unpaired) electrons. The van der Waals surface area contributed by atoms with E-state index >= 15 is 0 Å². The van der Waals surface area contributed by atoms with E-state index in [0.717, 1.165) is 4.70 Å². The molecule has 0 saturated heterocycles. The monoisotopic (exact) mass is 304 g/mol. The highest BCUT2D eigenvalue weighted by atomic mass is 32.1. The van der Waals surface area contributed by atoms with Crippen LogP contribution in [0.25, 0.3) is 10.2 Å². The third-order valence-electron chi connectivity index (χ3n) is 3.06. The van der Waals surface area contributed by atoms with Gasteiger partial charge in [0.1, 0.15) is 5.69 Å². The standard InChI is InChI=1S/C14H16N4O2S/c1-10(2)8-17(7-3-6-15)11-4-5-12-13(16-9-21-12)14(11)18(19)20/h4-5,9-10H,3,7-8H2,1-2H3. The van der Waals surface area contributed by atoms with Gasteiger partial charge in [-0.3, -0.25) is 10.1 Å². The molecule has 6 nitrogen and oxygen atoms in total. The van der Waals surface area contributed by atoms with Crippen molar-refractivity contribution in [2.45, 2.75) is 20.3 Å². The van der Waals surface area contributed by atoms with Gasteiger partial charge in [-0.2, -0.15) is 5.26 Å². The van der Waals surface area contributed by atoms with Crippen LogP contribution in [0.15, 0.2) is 17.6 Å². The zero-order valence-electron chi connectivity index (χ0n) is 11.9. The Hall–Kier alpha value is -2.20. The summed E-state index contributed by atoms with van der Waals surface area (Å²) in [5, 5.41) is 20.3. The smallest absolute Gasteiger partial charge is 0.319 e. The van der Waals surface area contributed by atoms with Crippen LogP contribution < -0.4 is 4.90 Å². The molecule has 21 heavy (non-hydrogen) atoms. The largest absolute Gasteiger partial charge is 0.365 e. The zero-order chi connectivity index (χ0) is 15.4. The minimum atomic E-state index is -0.378. The molecule has 1 aromatic heterocycles. The lowest BCUT2D eigenvalue weighted by molar-refractivity contribution is -0.382. The second-order valence-corrected chi connectivity index (χ2v) is 6.02. The number of hydrogen-bond acceptors (Lipinski definition) is 6. The maximum absolute atomic E-state index is 11.5. The van der Waals surface area contributed by atoms with Crippen LogP contribution in [-0.2, 0) is 0 Å². The number of rotatable bonds is 6. The Morgan fingerprint density at radius 1 is 1.52 bits per heavy atom. The van der Waals surface area contributed by atoms with Crippen LogP contribution in [0.4, 0.5) is 11.4 Å². The normalized spacial score (nSPS) is 10.8. The lowest BCUT2D eigenvalue weighted by Crippen LogP contribution is -2.29. The Morgan fingerprint density at radius 3 is 2.90 bits per heavy atom. The average molecular weight is 304 g/mol. The predicted octanol–water partition coefficient (Wildman–Crippen LogP) is 3.58. The minimum absolute atomic E-state index is 0.0346. The van der Waals surface area contributed by atoms with E-state index in [1.807, 2.05) is 24.8 Å². The van der Waals surface area contributed by atoms with Crippen LogP contribution >= 0.6 is 11.3 Å². The maximum atomic E-state index is 11.5. The van der Waals surface area contributed by atoms with Crippen molar-refractivity contribution in [2.75, 3.05) is 18.0 Å². The van der Waals surface area contributed by atoms with E-state index in [2.05, 4.69) is 11.1 Å². The molecule has 0 fully saturated rings. The highest BCUT2D eigenvalue weighted by molar-refractivity contribution is 7.16. The van der Waals surface area contributed by atoms with Crippen LogP contribution in [0.3, 0.4) is 0 Å². The third-order valence-corrected chi connectivity index (χ3v) is 3.85. The fourth-order valence-corrected chi connectivity index (χ4v) is 2.96. The summed E-state index contributed by atoms with van der Waals surface area (Å²) in [6.45, 7) is 5.24. The van der Waals surface area contributed by atoms with Gasteiger partial charge in [0, 0.05) is 13.1 Å². The van der Waals surface area contributed by atoms with Gasteiger partial charge < -0.3 is 4.90 Å². The molecule has 0 N–H and O–H groups in total. The first kappa shape index (κ1) is 15.2. The van der Waals surface area contributed by atoms with E-state index in [9.17, 15) is 10.1 Å². The van der Waals surface area contributed by atoms with E-state index in [1.165, 1.54) is 11.3 Å². The summed E-state index contributed by atoms with van der Waals surface area (Å²) in [6, 6.07) is 5.72. The van der Waals surface area contributed by atoms with Crippen LogP contribution in [0, 0.1) is 27.4 Å². The van der Waals surface area contributed by atoms with Crippen molar-refractivity contribution >= 4 is 32.9 Å². The van der Waals surface area contributed by atoms with Crippen LogP contribution in [0.2, 0.25) is 0 Å². The quantitative estimate of drug-likeness (QED) is 0.601. The van der Waals surface area contributed by atoms with Crippen molar-refractivity contribution in [3.05, 3.63) is 27.8 Å². The molecule has 1 aromatic carbocycles. The van der Waals surface area contributed by atoms with E-state index in [4.69, 9.17) is 5.26 Å². The van der Waals surface area contributed by atoms with Crippen molar-refractivity contribution in [3.8, 4) is 6.07 Å². The SMILES string of the molecule is CC(C)CN(CCC#N)c1ccc2scnc2c1[N+](=O)[O-]. The second kappa shape index (κ2) is 6.50. The van der Waals surface area contributed by atoms with E-state index in [1.54, 1.807) is 11.6 Å². The fourth-order valence-electron chi connectivity index (χ4n) is 2.28.